The molecule has 2 aromatic rings. The second-order valence-electron chi connectivity index (χ2n) is 4.83. The summed E-state index contributed by atoms with van der Waals surface area (Å²) in [6.07, 6.45) is 0. The quantitative estimate of drug-likeness (QED) is 0.721. The lowest BCUT2D eigenvalue weighted by atomic mass is 10.2. The maximum absolute atomic E-state index is 11.9. The molecule has 2 N–H and O–H groups in total. The summed E-state index contributed by atoms with van der Waals surface area (Å²) in [4.78, 5) is 23.7. The minimum absolute atomic E-state index is 0.191. The molecular formula is C16H13BrCl2N2O3. The summed E-state index contributed by atoms with van der Waals surface area (Å²) >= 11 is 15.1. The van der Waals surface area contributed by atoms with E-state index in [1.807, 2.05) is 13.0 Å². The summed E-state index contributed by atoms with van der Waals surface area (Å²) in [5.74, 6) is -0.503. The topological polar surface area (TPSA) is 67.4 Å². The normalized spacial score (nSPS) is 10.2. The monoisotopic (exact) mass is 430 g/mol. The molecular weight excluding hydrogens is 419 g/mol. The Balaban J connectivity index is 1.84. The van der Waals surface area contributed by atoms with Gasteiger partial charge in [0.2, 0.25) is 0 Å². The Hall–Kier alpha value is -1.76. The van der Waals surface area contributed by atoms with Crippen molar-refractivity contribution in [1.82, 2.24) is 10.9 Å². The second kappa shape index (κ2) is 8.37. The lowest BCUT2D eigenvalue weighted by Gasteiger charge is -2.10. The molecule has 0 saturated heterocycles. The third-order valence-corrected chi connectivity index (χ3v) is 4.43. The molecule has 2 amide bonds. The molecule has 0 fully saturated rings. The number of amides is 2. The molecule has 0 heterocycles. The van der Waals surface area contributed by atoms with E-state index in [9.17, 15) is 9.59 Å². The largest absolute Gasteiger partial charge is 0.484 e. The van der Waals surface area contributed by atoms with Gasteiger partial charge in [0.1, 0.15) is 5.75 Å². The number of aryl methyl sites for hydroxylation is 1. The number of halogens is 3. The maximum atomic E-state index is 11.9. The second-order valence-corrected chi connectivity index (χ2v) is 6.52. The van der Waals surface area contributed by atoms with Gasteiger partial charge in [0, 0.05) is 9.50 Å². The fraction of sp³-hybridized carbons (Fsp3) is 0.125. The number of carbonyl (C=O) groups is 2. The molecule has 24 heavy (non-hydrogen) atoms. The highest BCUT2D eigenvalue weighted by molar-refractivity contribution is 9.10. The molecule has 0 radical (unpaired) electrons. The highest BCUT2D eigenvalue weighted by Gasteiger charge is 2.12. The van der Waals surface area contributed by atoms with Gasteiger partial charge in [-0.3, -0.25) is 20.4 Å². The molecule has 0 aliphatic rings. The summed E-state index contributed by atoms with van der Waals surface area (Å²) in [5.41, 5.74) is 5.70. The van der Waals surface area contributed by atoms with Gasteiger partial charge in [-0.2, -0.15) is 0 Å². The van der Waals surface area contributed by atoms with Crippen LogP contribution in [0.1, 0.15) is 15.9 Å². The van der Waals surface area contributed by atoms with E-state index in [2.05, 4.69) is 26.8 Å². The van der Waals surface area contributed by atoms with Crippen LogP contribution in [0.3, 0.4) is 0 Å². The average Bonchev–Trinajstić information content (AvgIpc) is 2.53. The number of rotatable bonds is 4. The molecule has 5 nitrogen and oxygen atoms in total. The third kappa shape index (κ3) is 5.12. The van der Waals surface area contributed by atoms with Crippen LogP contribution in [0.25, 0.3) is 0 Å². The Morgan fingerprint density at radius 3 is 2.54 bits per heavy atom. The van der Waals surface area contributed by atoms with Crippen LogP contribution in [0.4, 0.5) is 0 Å². The van der Waals surface area contributed by atoms with E-state index in [4.69, 9.17) is 27.9 Å². The van der Waals surface area contributed by atoms with Crippen LogP contribution in [0.15, 0.2) is 40.9 Å². The Morgan fingerprint density at radius 1 is 1.12 bits per heavy atom. The first kappa shape index (κ1) is 18.6. The Labute approximate surface area is 157 Å². The standard InChI is InChI=1S/C16H13BrCl2N2O3/c1-9-6-11(3-5-13(9)17)24-8-15(22)20-21-16(23)12-4-2-10(18)7-14(12)19/h2-7H,8H2,1H3,(H,20,22)(H,21,23). The molecule has 0 aromatic heterocycles. The van der Waals surface area contributed by atoms with Crippen LogP contribution >= 0.6 is 39.1 Å². The van der Waals surface area contributed by atoms with E-state index in [0.29, 0.717) is 10.8 Å². The average molecular weight is 432 g/mol. The first-order chi connectivity index (χ1) is 11.4. The van der Waals surface area contributed by atoms with Crippen molar-refractivity contribution in [1.29, 1.82) is 0 Å². The Kier molecular flexibility index (Phi) is 6.48. The predicted molar refractivity (Wildman–Crippen MR) is 96.4 cm³/mol. The van der Waals surface area contributed by atoms with Crippen molar-refractivity contribution >= 4 is 50.9 Å². The van der Waals surface area contributed by atoms with Crippen LogP contribution in [0, 0.1) is 6.92 Å². The summed E-state index contributed by atoms with van der Waals surface area (Å²) in [6, 6.07) is 9.79. The fourth-order valence-corrected chi connectivity index (χ4v) is 2.50. The van der Waals surface area contributed by atoms with Gasteiger partial charge in [-0.25, -0.2) is 0 Å². The van der Waals surface area contributed by atoms with Gasteiger partial charge < -0.3 is 4.74 Å². The Bertz CT molecular complexity index is 784. The van der Waals surface area contributed by atoms with Gasteiger partial charge in [0.15, 0.2) is 6.61 Å². The molecule has 0 aliphatic heterocycles. The van der Waals surface area contributed by atoms with E-state index in [0.717, 1.165) is 10.0 Å². The summed E-state index contributed by atoms with van der Waals surface area (Å²) in [7, 11) is 0. The number of benzene rings is 2. The van der Waals surface area contributed by atoms with Crippen LogP contribution in [-0.2, 0) is 4.79 Å². The van der Waals surface area contributed by atoms with Crippen LogP contribution in [-0.4, -0.2) is 18.4 Å². The summed E-state index contributed by atoms with van der Waals surface area (Å²) in [5, 5.41) is 0.606. The number of hydrogen-bond acceptors (Lipinski definition) is 3. The number of nitrogens with one attached hydrogen (secondary N) is 2. The van der Waals surface area contributed by atoms with E-state index in [1.165, 1.54) is 18.2 Å². The van der Waals surface area contributed by atoms with Crippen molar-refractivity contribution in [3.8, 4) is 5.75 Å². The van der Waals surface area contributed by atoms with Gasteiger partial charge in [0.05, 0.1) is 10.6 Å². The molecule has 8 heteroatoms. The van der Waals surface area contributed by atoms with E-state index >= 15 is 0 Å². The number of ether oxygens (including phenoxy) is 1. The van der Waals surface area contributed by atoms with E-state index < -0.39 is 11.8 Å². The van der Waals surface area contributed by atoms with Crippen molar-refractivity contribution in [3.63, 3.8) is 0 Å². The zero-order chi connectivity index (χ0) is 17.7. The van der Waals surface area contributed by atoms with Crippen molar-refractivity contribution in [3.05, 3.63) is 62.0 Å². The third-order valence-electron chi connectivity index (χ3n) is 2.99. The van der Waals surface area contributed by atoms with Crippen LogP contribution in [0.2, 0.25) is 10.0 Å². The highest BCUT2D eigenvalue weighted by atomic mass is 79.9. The zero-order valence-corrected chi connectivity index (χ0v) is 15.6. The first-order valence-electron chi connectivity index (χ1n) is 6.80. The smallest absolute Gasteiger partial charge is 0.276 e. The molecule has 126 valence electrons. The lowest BCUT2D eigenvalue weighted by molar-refractivity contribution is -0.123. The van der Waals surface area contributed by atoms with E-state index in [1.54, 1.807) is 12.1 Å². The SMILES string of the molecule is Cc1cc(OCC(=O)NNC(=O)c2ccc(Cl)cc2Cl)ccc1Br. The predicted octanol–water partition coefficient (Wildman–Crippen LogP) is 3.90. The van der Waals surface area contributed by atoms with Crippen molar-refractivity contribution in [2.45, 2.75) is 6.92 Å². The maximum Gasteiger partial charge on any atom is 0.276 e. The number of hydrazine groups is 1. The molecule has 0 unspecified atom stereocenters. The molecule has 2 rings (SSSR count). The molecule has 0 saturated carbocycles. The summed E-state index contributed by atoms with van der Waals surface area (Å²) in [6.45, 7) is 1.67. The highest BCUT2D eigenvalue weighted by Crippen LogP contribution is 2.22. The van der Waals surface area contributed by atoms with Gasteiger partial charge in [-0.1, -0.05) is 39.1 Å². The van der Waals surface area contributed by atoms with Crippen molar-refractivity contribution < 1.29 is 14.3 Å². The minimum Gasteiger partial charge on any atom is -0.484 e. The molecule has 0 spiro atoms. The minimum atomic E-state index is -0.551. The van der Waals surface area contributed by atoms with Crippen LogP contribution in [0.5, 0.6) is 5.75 Å². The zero-order valence-electron chi connectivity index (χ0n) is 12.5. The van der Waals surface area contributed by atoms with Gasteiger partial charge in [0.25, 0.3) is 11.8 Å². The van der Waals surface area contributed by atoms with Crippen LogP contribution < -0.4 is 15.6 Å². The van der Waals surface area contributed by atoms with Crippen molar-refractivity contribution in [2.75, 3.05) is 6.61 Å². The van der Waals surface area contributed by atoms with Gasteiger partial charge in [-0.15, -0.1) is 0 Å². The first-order valence-corrected chi connectivity index (χ1v) is 8.35. The number of carbonyl (C=O) groups excluding carboxylic acids is 2. The summed E-state index contributed by atoms with van der Waals surface area (Å²) < 4.78 is 6.30. The number of hydrogen-bond donors (Lipinski definition) is 2. The van der Waals surface area contributed by atoms with Gasteiger partial charge >= 0.3 is 0 Å². The molecule has 0 aliphatic carbocycles. The molecule has 2 aromatic carbocycles. The molecule has 0 bridgehead atoms. The lowest BCUT2D eigenvalue weighted by Crippen LogP contribution is -2.43. The Morgan fingerprint density at radius 2 is 1.88 bits per heavy atom. The van der Waals surface area contributed by atoms with Gasteiger partial charge in [-0.05, 0) is 48.9 Å². The fourth-order valence-electron chi connectivity index (χ4n) is 1.76. The molecule has 0 atom stereocenters. The van der Waals surface area contributed by atoms with Crippen molar-refractivity contribution in [2.24, 2.45) is 0 Å². The van der Waals surface area contributed by atoms with E-state index in [-0.39, 0.29) is 17.2 Å².